The van der Waals surface area contributed by atoms with E-state index in [1.807, 2.05) is 7.05 Å². The van der Waals surface area contributed by atoms with Crippen LogP contribution in [0.5, 0.6) is 5.75 Å². The summed E-state index contributed by atoms with van der Waals surface area (Å²) in [5.41, 5.74) is 2.69. The number of methoxy groups -OCH3 is 1. The van der Waals surface area contributed by atoms with Crippen LogP contribution >= 0.6 is 0 Å². The van der Waals surface area contributed by atoms with Crippen LogP contribution < -0.4 is 15.4 Å². The molecular weight excluding hydrogens is 366 g/mol. The number of ether oxygens (including phenoxy) is 3. The maximum absolute atomic E-state index is 6.04. The number of aliphatic imine (C=N–C) groups is 1. The van der Waals surface area contributed by atoms with E-state index < -0.39 is 0 Å². The molecule has 1 saturated heterocycles. The average Bonchev–Trinajstić information content (AvgIpc) is 3.10. The molecule has 4 rings (SSSR count). The van der Waals surface area contributed by atoms with E-state index in [4.69, 9.17) is 14.2 Å². The minimum atomic E-state index is 0.346. The third-order valence-corrected chi connectivity index (χ3v) is 6.97. The van der Waals surface area contributed by atoms with Crippen molar-refractivity contribution in [3.63, 3.8) is 0 Å². The fourth-order valence-electron chi connectivity index (χ4n) is 5.30. The molecule has 2 N–H and O–H groups in total. The monoisotopic (exact) mass is 401 g/mol. The van der Waals surface area contributed by atoms with Crippen molar-refractivity contribution in [3.8, 4) is 5.75 Å². The summed E-state index contributed by atoms with van der Waals surface area (Å²) in [6, 6.07) is 6.86. The van der Waals surface area contributed by atoms with Gasteiger partial charge in [0.05, 0.1) is 12.7 Å². The highest BCUT2D eigenvalue weighted by Crippen LogP contribution is 2.62. The van der Waals surface area contributed by atoms with Crippen molar-refractivity contribution in [2.45, 2.75) is 57.7 Å². The van der Waals surface area contributed by atoms with Gasteiger partial charge in [-0.1, -0.05) is 18.6 Å². The Kier molecular flexibility index (Phi) is 6.30. The van der Waals surface area contributed by atoms with Crippen LogP contribution in [-0.2, 0) is 16.0 Å². The minimum absolute atomic E-state index is 0.346. The van der Waals surface area contributed by atoms with Gasteiger partial charge in [0.15, 0.2) is 5.96 Å². The molecule has 2 saturated carbocycles. The van der Waals surface area contributed by atoms with Crippen LogP contribution in [0.15, 0.2) is 23.2 Å². The maximum Gasteiger partial charge on any atom is 0.191 e. The quantitative estimate of drug-likeness (QED) is 0.398. The van der Waals surface area contributed by atoms with E-state index in [0.717, 1.165) is 30.3 Å². The number of nitrogens with zero attached hydrogens (tertiary/aromatic N) is 1. The summed E-state index contributed by atoms with van der Waals surface area (Å²) in [7, 11) is 3.57. The Hall–Kier alpha value is -1.79. The Bertz CT molecular complexity index is 732. The number of aryl methyl sites for hydroxylation is 1. The normalized spacial score (nSPS) is 27.1. The molecule has 3 aliphatic rings. The summed E-state index contributed by atoms with van der Waals surface area (Å²) in [6.45, 7) is 5.06. The van der Waals surface area contributed by atoms with Crippen molar-refractivity contribution >= 4 is 5.96 Å². The first kappa shape index (κ1) is 20.5. The summed E-state index contributed by atoms with van der Waals surface area (Å²) >= 11 is 0. The van der Waals surface area contributed by atoms with Gasteiger partial charge in [0.2, 0.25) is 0 Å². The van der Waals surface area contributed by atoms with E-state index in [-0.39, 0.29) is 0 Å². The van der Waals surface area contributed by atoms with Gasteiger partial charge in [0.1, 0.15) is 5.75 Å². The summed E-state index contributed by atoms with van der Waals surface area (Å²) in [6.07, 6.45) is 6.40. The van der Waals surface area contributed by atoms with E-state index in [0.29, 0.717) is 43.2 Å². The Morgan fingerprint density at radius 1 is 1.31 bits per heavy atom. The SMILES string of the molecule is CN=C(NCc1ccc(C)cc1OCCCOC)NC1C2CCOC2C12CCC2. The van der Waals surface area contributed by atoms with E-state index in [9.17, 15) is 0 Å². The second-order valence-corrected chi connectivity index (χ2v) is 8.68. The molecule has 0 amide bonds. The molecule has 0 bridgehead atoms. The third kappa shape index (κ3) is 3.97. The molecule has 1 heterocycles. The molecule has 6 nitrogen and oxygen atoms in total. The van der Waals surface area contributed by atoms with Crippen molar-refractivity contribution in [2.24, 2.45) is 16.3 Å². The molecule has 160 valence electrons. The molecule has 6 heteroatoms. The van der Waals surface area contributed by atoms with Gasteiger partial charge >= 0.3 is 0 Å². The lowest BCUT2D eigenvalue weighted by Crippen LogP contribution is -2.72. The van der Waals surface area contributed by atoms with Crippen LogP contribution in [0.4, 0.5) is 0 Å². The van der Waals surface area contributed by atoms with Crippen LogP contribution in [0.1, 0.15) is 43.2 Å². The number of hydrogen-bond donors (Lipinski definition) is 2. The highest BCUT2D eigenvalue weighted by Gasteiger charge is 2.66. The fourth-order valence-corrected chi connectivity index (χ4v) is 5.30. The van der Waals surface area contributed by atoms with E-state index in [2.05, 4.69) is 40.7 Å². The summed E-state index contributed by atoms with van der Waals surface area (Å²) in [5.74, 6) is 2.44. The van der Waals surface area contributed by atoms with Crippen LogP contribution in [0.2, 0.25) is 0 Å². The zero-order chi connectivity index (χ0) is 20.3. The molecule has 3 fully saturated rings. The number of nitrogens with one attached hydrogen (secondary N) is 2. The van der Waals surface area contributed by atoms with Gasteiger partial charge in [-0.05, 0) is 37.8 Å². The number of rotatable bonds is 8. The predicted molar refractivity (Wildman–Crippen MR) is 114 cm³/mol. The van der Waals surface area contributed by atoms with Crippen LogP contribution in [-0.4, -0.2) is 52.1 Å². The Morgan fingerprint density at radius 3 is 2.90 bits per heavy atom. The third-order valence-electron chi connectivity index (χ3n) is 6.97. The molecule has 1 aromatic rings. The zero-order valence-electron chi connectivity index (χ0n) is 18.0. The van der Waals surface area contributed by atoms with Crippen molar-refractivity contribution in [1.82, 2.24) is 10.6 Å². The van der Waals surface area contributed by atoms with Gasteiger partial charge < -0.3 is 24.8 Å². The van der Waals surface area contributed by atoms with Crippen molar-refractivity contribution < 1.29 is 14.2 Å². The first-order valence-electron chi connectivity index (χ1n) is 11.0. The molecule has 0 aromatic heterocycles. The molecule has 1 aliphatic heterocycles. The van der Waals surface area contributed by atoms with Crippen molar-refractivity contribution in [3.05, 3.63) is 29.3 Å². The topological polar surface area (TPSA) is 64.1 Å². The van der Waals surface area contributed by atoms with Gasteiger partial charge in [-0.25, -0.2) is 0 Å². The average molecular weight is 402 g/mol. The summed E-state index contributed by atoms with van der Waals surface area (Å²) in [4.78, 5) is 4.49. The number of hydrogen-bond acceptors (Lipinski definition) is 4. The van der Waals surface area contributed by atoms with Crippen LogP contribution in [0.25, 0.3) is 0 Å². The molecule has 29 heavy (non-hydrogen) atoms. The predicted octanol–water partition coefficient (Wildman–Crippen LogP) is 3.03. The smallest absolute Gasteiger partial charge is 0.191 e. The molecule has 0 radical (unpaired) electrons. The van der Waals surface area contributed by atoms with E-state index in [1.165, 1.54) is 31.2 Å². The number of benzene rings is 1. The molecule has 3 unspecified atom stereocenters. The van der Waals surface area contributed by atoms with E-state index >= 15 is 0 Å². The van der Waals surface area contributed by atoms with E-state index in [1.54, 1.807) is 7.11 Å². The molecular formula is C23H35N3O3. The lowest BCUT2D eigenvalue weighted by Gasteiger charge is -2.63. The lowest BCUT2D eigenvalue weighted by molar-refractivity contribution is -0.171. The standard InChI is InChI=1S/C23H35N3O3/c1-16-6-7-17(19(14-16)28-12-5-11-27-3)15-25-22(24-2)26-20-18-8-13-29-21(18)23(20)9-4-10-23/h6-7,14,18,20-21H,4-5,8-13,15H2,1-3H3,(H2,24,25,26). The Labute approximate surface area is 174 Å². The first-order valence-corrected chi connectivity index (χ1v) is 11.0. The second kappa shape index (κ2) is 8.92. The summed E-state index contributed by atoms with van der Waals surface area (Å²) in [5, 5.41) is 7.24. The first-order chi connectivity index (χ1) is 14.2. The lowest BCUT2D eigenvalue weighted by atomic mass is 9.46. The number of fused-ring (bicyclic) bond motifs is 2. The molecule has 1 spiro atoms. The van der Waals surface area contributed by atoms with Gasteiger partial charge in [-0.3, -0.25) is 4.99 Å². The second-order valence-electron chi connectivity index (χ2n) is 8.68. The highest BCUT2D eigenvalue weighted by atomic mass is 16.5. The molecule has 1 aromatic carbocycles. The van der Waals surface area contributed by atoms with Crippen LogP contribution in [0.3, 0.4) is 0 Å². The van der Waals surface area contributed by atoms with Gasteiger partial charge in [-0.15, -0.1) is 0 Å². The minimum Gasteiger partial charge on any atom is -0.493 e. The van der Waals surface area contributed by atoms with Gasteiger partial charge in [0, 0.05) is 63.3 Å². The number of guanidine groups is 1. The van der Waals surface area contributed by atoms with Crippen molar-refractivity contribution in [2.75, 3.05) is 34.0 Å². The fraction of sp³-hybridized carbons (Fsp3) is 0.696. The van der Waals surface area contributed by atoms with Crippen molar-refractivity contribution in [1.29, 1.82) is 0 Å². The maximum atomic E-state index is 6.04. The molecule has 3 atom stereocenters. The Morgan fingerprint density at radius 2 is 2.17 bits per heavy atom. The van der Waals surface area contributed by atoms with Crippen LogP contribution in [0, 0.1) is 18.3 Å². The highest BCUT2D eigenvalue weighted by molar-refractivity contribution is 5.80. The van der Waals surface area contributed by atoms with Gasteiger partial charge in [-0.2, -0.15) is 0 Å². The molecule has 2 aliphatic carbocycles. The largest absolute Gasteiger partial charge is 0.493 e. The summed E-state index contributed by atoms with van der Waals surface area (Å²) < 4.78 is 17.2. The Balaban J connectivity index is 1.35. The van der Waals surface area contributed by atoms with Gasteiger partial charge in [0.25, 0.3) is 0 Å². The zero-order valence-corrected chi connectivity index (χ0v) is 18.0.